The van der Waals surface area contributed by atoms with Gasteiger partial charge in [-0.15, -0.1) is 0 Å². The van der Waals surface area contributed by atoms with Crippen LogP contribution < -0.4 is 11.5 Å². The van der Waals surface area contributed by atoms with Gasteiger partial charge < -0.3 is 26.7 Å². The van der Waals surface area contributed by atoms with E-state index in [0.717, 1.165) is 5.56 Å². The molecule has 8 heteroatoms. The van der Waals surface area contributed by atoms with Crippen LogP contribution in [0.15, 0.2) is 49.1 Å². The lowest BCUT2D eigenvalue weighted by Crippen LogP contribution is -2.32. The van der Waals surface area contributed by atoms with Crippen LogP contribution in [-0.4, -0.2) is 38.3 Å². The summed E-state index contributed by atoms with van der Waals surface area (Å²) in [6.45, 7) is 0. The third-order valence-electron chi connectivity index (χ3n) is 2.02. The molecule has 1 heterocycles. The van der Waals surface area contributed by atoms with E-state index in [9.17, 15) is 4.79 Å². The van der Waals surface area contributed by atoms with Gasteiger partial charge in [0.2, 0.25) is 0 Å². The van der Waals surface area contributed by atoms with Gasteiger partial charge in [0.05, 0.1) is 6.33 Å². The highest BCUT2D eigenvalue weighted by atomic mass is 16.4. The number of hydrogen-bond acceptors (Lipinski definition) is 4. The number of aromatic nitrogens is 2. The van der Waals surface area contributed by atoms with Crippen LogP contribution >= 0.6 is 0 Å². The topological polar surface area (TPSA) is 155 Å². The second kappa shape index (κ2) is 11.0. The number of benzene rings is 1. The Morgan fingerprint density at radius 3 is 2.14 bits per heavy atom. The monoisotopic (exact) mass is 294 g/mol. The van der Waals surface area contributed by atoms with Crippen molar-refractivity contribution in [2.75, 3.05) is 0 Å². The van der Waals surface area contributed by atoms with Crippen LogP contribution in [0.1, 0.15) is 5.56 Å². The van der Waals surface area contributed by atoms with Crippen molar-refractivity contribution in [1.82, 2.24) is 9.97 Å². The number of carboxylic acid groups (broad SMARTS) is 2. The number of H-pyrrole nitrogens is 1. The fourth-order valence-corrected chi connectivity index (χ4v) is 1.17. The molecule has 0 spiro atoms. The van der Waals surface area contributed by atoms with Gasteiger partial charge in [-0.1, -0.05) is 30.3 Å². The number of amides is 1. The molecule has 0 bridgehead atoms. The van der Waals surface area contributed by atoms with Crippen molar-refractivity contribution in [3.63, 3.8) is 0 Å². The summed E-state index contributed by atoms with van der Waals surface area (Å²) in [5, 5.41) is 15.7. The Labute approximate surface area is 121 Å². The molecule has 114 valence electrons. The Hall–Kier alpha value is -2.87. The lowest BCUT2D eigenvalue weighted by Gasteiger charge is -2.04. The fraction of sp³-hybridized carbons (Fsp3) is 0.154. The molecule has 8 nitrogen and oxygen atoms in total. The van der Waals surface area contributed by atoms with Gasteiger partial charge in [0, 0.05) is 12.4 Å². The second-order valence-corrected chi connectivity index (χ2v) is 3.73. The number of nitrogens with two attached hydrogens (primary N) is 2. The first-order valence-corrected chi connectivity index (χ1v) is 5.87. The predicted molar refractivity (Wildman–Crippen MR) is 76.6 cm³/mol. The minimum atomic E-state index is -1.33. The summed E-state index contributed by atoms with van der Waals surface area (Å²) < 4.78 is 0. The van der Waals surface area contributed by atoms with Crippen molar-refractivity contribution in [1.29, 1.82) is 0 Å². The number of aromatic amines is 1. The number of nitrogens with one attached hydrogen (secondary N) is 1. The Morgan fingerprint density at radius 2 is 1.81 bits per heavy atom. The zero-order chi connectivity index (χ0) is 16.1. The van der Waals surface area contributed by atoms with E-state index in [4.69, 9.17) is 20.7 Å². The highest BCUT2D eigenvalue weighted by Gasteiger charge is 2.10. The predicted octanol–water partition coefficient (Wildman–Crippen LogP) is 0.674. The van der Waals surface area contributed by atoms with Gasteiger partial charge in [-0.05, 0) is 12.0 Å². The summed E-state index contributed by atoms with van der Waals surface area (Å²) in [4.78, 5) is 25.6. The highest BCUT2D eigenvalue weighted by molar-refractivity contribution is 5.73. The maximum absolute atomic E-state index is 10.4. The molecule has 1 atom stereocenters. The number of imidazole rings is 1. The lowest BCUT2D eigenvalue weighted by atomic mass is 10.1. The van der Waals surface area contributed by atoms with Crippen molar-refractivity contribution in [3.8, 4) is 0 Å². The fourth-order valence-electron chi connectivity index (χ4n) is 1.17. The molecule has 21 heavy (non-hydrogen) atoms. The average molecular weight is 294 g/mol. The van der Waals surface area contributed by atoms with Crippen LogP contribution in [0.3, 0.4) is 0 Å². The molecule has 0 aliphatic carbocycles. The molecule has 0 saturated heterocycles. The van der Waals surface area contributed by atoms with Gasteiger partial charge in [0.1, 0.15) is 6.04 Å². The van der Waals surface area contributed by atoms with Crippen LogP contribution in [0.5, 0.6) is 0 Å². The van der Waals surface area contributed by atoms with Crippen LogP contribution in [0.25, 0.3) is 0 Å². The van der Waals surface area contributed by atoms with Gasteiger partial charge in [-0.3, -0.25) is 4.79 Å². The molecule has 0 aliphatic rings. The average Bonchev–Trinajstić information content (AvgIpc) is 2.98. The molecule has 7 N–H and O–H groups in total. The maximum Gasteiger partial charge on any atom is 0.402 e. The summed E-state index contributed by atoms with van der Waals surface area (Å²) >= 11 is 0. The molecule has 1 amide bonds. The van der Waals surface area contributed by atoms with Gasteiger partial charge in [-0.2, -0.15) is 0 Å². The van der Waals surface area contributed by atoms with Gasteiger partial charge >= 0.3 is 12.1 Å². The number of aliphatic carboxylic acids is 1. The molecule has 0 fully saturated rings. The van der Waals surface area contributed by atoms with Gasteiger partial charge in [0.25, 0.3) is 0 Å². The number of nitrogens with zero attached hydrogens (tertiary/aromatic N) is 1. The van der Waals surface area contributed by atoms with Crippen LogP contribution in [-0.2, 0) is 11.2 Å². The van der Waals surface area contributed by atoms with Gasteiger partial charge in [0.15, 0.2) is 0 Å². The molecular formula is C13H18N4O4. The van der Waals surface area contributed by atoms with E-state index in [-0.39, 0.29) is 0 Å². The van der Waals surface area contributed by atoms with E-state index in [1.165, 1.54) is 0 Å². The number of rotatable bonds is 3. The van der Waals surface area contributed by atoms with E-state index < -0.39 is 18.1 Å². The van der Waals surface area contributed by atoms with Crippen LogP contribution in [0.4, 0.5) is 4.79 Å². The molecule has 0 saturated carbocycles. The third-order valence-corrected chi connectivity index (χ3v) is 2.02. The zero-order valence-corrected chi connectivity index (χ0v) is 11.2. The normalized spacial score (nSPS) is 10.1. The smallest absolute Gasteiger partial charge is 0.402 e. The first-order valence-electron chi connectivity index (χ1n) is 5.87. The van der Waals surface area contributed by atoms with Crippen molar-refractivity contribution >= 4 is 12.1 Å². The van der Waals surface area contributed by atoms with Crippen LogP contribution in [0, 0.1) is 0 Å². The molecular weight excluding hydrogens is 276 g/mol. The Balaban J connectivity index is 0.000000364. The number of carbonyl (C=O) groups is 2. The molecule has 2 rings (SSSR count). The number of hydrogen-bond donors (Lipinski definition) is 5. The minimum absolute atomic E-state index is 0.385. The zero-order valence-electron chi connectivity index (χ0n) is 11.2. The Kier molecular flexibility index (Phi) is 9.50. The second-order valence-electron chi connectivity index (χ2n) is 3.73. The standard InChI is InChI=1S/C9H11NO2.C3H4N2.CH3NO2/c10-8(9(11)12)6-7-4-2-1-3-5-7;1-2-5-3-4-1;2-1(3)4/h1-5,8H,6,10H2,(H,11,12);1-3H,(H,4,5);2H2,(H,3,4)/t8-;;/m0../s1. The molecule has 0 radical (unpaired) electrons. The SMILES string of the molecule is NC(=O)O.N[C@@H](Cc1ccccc1)C(=O)O.c1c[nH]cn1. The molecule has 1 aromatic carbocycles. The summed E-state index contributed by atoms with van der Waals surface area (Å²) in [7, 11) is 0. The van der Waals surface area contributed by atoms with Gasteiger partial charge in [-0.25, -0.2) is 9.78 Å². The van der Waals surface area contributed by atoms with E-state index in [1.54, 1.807) is 18.7 Å². The summed E-state index contributed by atoms with van der Waals surface area (Å²) in [6.07, 6.45) is 4.14. The molecule has 2 aromatic rings. The van der Waals surface area contributed by atoms with E-state index in [1.807, 2.05) is 30.3 Å². The maximum atomic E-state index is 10.4. The van der Waals surface area contributed by atoms with E-state index >= 15 is 0 Å². The third kappa shape index (κ3) is 11.9. The molecule has 1 aromatic heterocycles. The van der Waals surface area contributed by atoms with Crippen molar-refractivity contribution in [3.05, 3.63) is 54.6 Å². The summed E-state index contributed by atoms with van der Waals surface area (Å²) in [5.41, 5.74) is 10.3. The number of carboxylic acids is 1. The first kappa shape index (κ1) is 18.1. The van der Waals surface area contributed by atoms with Crippen LogP contribution in [0.2, 0.25) is 0 Å². The lowest BCUT2D eigenvalue weighted by molar-refractivity contribution is -0.138. The van der Waals surface area contributed by atoms with Crippen molar-refractivity contribution in [2.45, 2.75) is 12.5 Å². The summed E-state index contributed by atoms with van der Waals surface area (Å²) in [6, 6.07) is 8.54. The highest BCUT2D eigenvalue weighted by Crippen LogP contribution is 2.01. The number of primary amides is 1. The largest absolute Gasteiger partial charge is 0.480 e. The quantitative estimate of drug-likeness (QED) is 0.560. The Bertz CT molecular complexity index is 481. The summed E-state index contributed by atoms with van der Waals surface area (Å²) in [5.74, 6) is -0.959. The minimum Gasteiger partial charge on any atom is -0.480 e. The molecule has 0 aliphatic heterocycles. The van der Waals surface area contributed by atoms with Crippen molar-refractivity contribution in [2.24, 2.45) is 11.5 Å². The molecule has 0 unspecified atom stereocenters. The van der Waals surface area contributed by atoms with E-state index in [0.29, 0.717) is 6.42 Å². The Morgan fingerprint density at radius 1 is 1.24 bits per heavy atom. The first-order chi connectivity index (χ1) is 9.93. The van der Waals surface area contributed by atoms with E-state index in [2.05, 4.69) is 15.7 Å². The van der Waals surface area contributed by atoms with Crippen molar-refractivity contribution < 1.29 is 19.8 Å².